The van der Waals surface area contributed by atoms with Crippen molar-refractivity contribution < 1.29 is 27.8 Å². The molecular formula is C27H34F3NO3. The number of alkyl halides is 3. The highest BCUT2D eigenvalue weighted by atomic mass is 19.4. The van der Waals surface area contributed by atoms with Gasteiger partial charge >= 0.3 is 6.18 Å². The third-order valence-electron chi connectivity index (χ3n) is 6.92. The Morgan fingerprint density at radius 2 is 1.76 bits per heavy atom. The lowest BCUT2D eigenvalue weighted by Crippen LogP contribution is -2.48. The Kier molecular flexibility index (Phi) is 6.89. The maximum atomic E-state index is 12.8. The van der Waals surface area contributed by atoms with Gasteiger partial charge in [0.1, 0.15) is 6.61 Å². The minimum atomic E-state index is -4.35. The summed E-state index contributed by atoms with van der Waals surface area (Å²) in [5.41, 5.74) is 2.49. The van der Waals surface area contributed by atoms with Gasteiger partial charge in [0.25, 0.3) is 0 Å². The van der Waals surface area contributed by atoms with Crippen LogP contribution in [0.15, 0.2) is 36.4 Å². The molecule has 1 saturated heterocycles. The number of fused-ring (bicyclic) bond motifs is 3. The van der Waals surface area contributed by atoms with Crippen LogP contribution in [0.3, 0.4) is 0 Å². The molecule has 2 heterocycles. The largest absolute Gasteiger partial charge is 0.493 e. The molecule has 4 nitrogen and oxygen atoms in total. The Hall–Kier alpha value is -2.25. The number of nitrogens with zero attached hydrogens (tertiary/aromatic N) is 1. The van der Waals surface area contributed by atoms with E-state index in [-0.39, 0.29) is 30.1 Å². The summed E-state index contributed by atoms with van der Waals surface area (Å²) in [5.74, 6) is 1.45. The van der Waals surface area contributed by atoms with E-state index >= 15 is 0 Å². The van der Waals surface area contributed by atoms with Crippen molar-refractivity contribution in [2.24, 2.45) is 11.3 Å². The molecule has 186 valence electrons. The Labute approximate surface area is 199 Å². The molecule has 4 rings (SSSR count). The van der Waals surface area contributed by atoms with Crippen LogP contribution >= 0.6 is 0 Å². The van der Waals surface area contributed by atoms with E-state index in [1.807, 2.05) is 12.1 Å². The highest BCUT2D eigenvalue weighted by Gasteiger charge is 2.40. The summed E-state index contributed by atoms with van der Waals surface area (Å²) in [6.07, 6.45) is -2.13. The van der Waals surface area contributed by atoms with E-state index in [9.17, 15) is 18.3 Å². The predicted octanol–water partition coefficient (Wildman–Crippen LogP) is 6.01. The first-order valence-electron chi connectivity index (χ1n) is 11.9. The van der Waals surface area contributed by atoms with Crippen molar-refractivity contribution in [3.8, 4) is 11.5 Å². The smallest absolute Gasteiger partial charge is 0.416 e. The number of aliphatic hydroxyl groups excluding tert-OH is 1. The van der Waals surface area contributed by atoms with Crippen molar-refractivity contribution in [1.29, 1.82) is 0 Å². The fourth-order valence-electron chi connectivity index (χ4n) is 5.31. The molecule has 0 unspecified atom stereocenters. The number of methoxy groups -OCH3 is 1. The quantitative estimate of drug-likeness (QED) is 0.573. The maximum absolute atomic E-state index is 12.8. The second-order valence-electron chi connectivity index (χ2n) is 10.8. The molecular weight excluding hydrogens is 443 g/mol. The fourth-order valence-corrected chi connectivity index (χ4v) is 5.31. The van der Waals surface area contributed by atoms with E-state index in [2.05, 4.69) is 25.7 Å². The van der Waals surface area contributed by atoms with Crippen LogP contribution in [0.1, 0.15) is 61.9 Å². The van der Waals surface area contributed by atoms with E-state index in [0.717, 1.165) is 38.1 Å². The molecule has 0 spiro atoms. The van der Waals surface area contributed by atoms with Gasteiger partial charge in [-0.15, -0.1) is 0 Å². The monoisotopic (exact) mass is 477 g/mol. The van der Waals surface area contributed by atoms with Crippen LogP contribution < -0.4 is 9.47 Å². The van der Waals surface area contributed by atoms with Gasteiger partial charge < -0.3 is 14.6 Å². The second kappa shape index (κ2) is 9.42. The molecule has 2 aromatic carbocycles. The Morgan fingerprint density at radius 3 is 2.38 bits per heavy atom. The summed E-state index contributed by atoms with van der Waals surface area (Å²) in [6, 6.07) is 9.14. The molecule has 0 amide bonds. The Bertz CT molecular complexity index is 998. The first kappa shape index (κ1) is 24.9. The lowest BCUT2D eigenvalue weighted by atomic mass is 9.75. The summed E-state index contributed by atoms with van der Waals surface area (Å²) in [5, 5.41) is 10.9. The zero-order valence-electron chi connectivity index (χ0n) is 20.3. The van der Waals surface area contributed by atoms with Crippen LogP contribution in [-0.2, 0) is 19.2 Å². The van der Waals surface area contributed by atoms with Crippen LogP contribution in [-0.4, -0.2) is 36.3 Å². The third kappa shape index (κ3) is 5.52. The van der Waals surface area contributed by atoms with E-state index in [4.69, 9.17) is 9.47 Å². The summed E-state index contributed by atoms with van der Waals surface area (Å²) >= 11 is 0. The topological polar surface area (TPSA) is 41.9 Å². The molecule has 0 radical (unpaired) electrons. The van der Waals surface area contributed by atoms with Crippen LogP contribution in [0.25, 0.3) is 0 Å². The van der Waals surface area contributed by atoms with E-state index in [1.165, 1.54) is 23.3 Å². The van der Waals surface area contributed by atoms with Crippen molar-refractivity contribution in [1.82, 2.24) is 4.90 Å². The molecule has 3 atom stereocenters. The number of hydrogen-bond acceptors (Lipinski definition) is 4. The standard InChI is InChI=1S/C27H34F3NO3/c1-26(2,3)14-19-15-31-10-9-18-11-25(24(33-4)12-21(18)22(31)13-23(19)32)34-16-17-5-7-20(8-6-17)27(28,29)30/h5-8,11-12,19,22-23,32H,9-10,13-16H2,1-4H3/t19-,22-,23-/m1/s1. The van der Waals surface area contributed by atoms with E-state index < -0.39 is 11.7 Å². The number of ether oxygens (including phenoxy) is 2. The van der Waals surface area contributed by atoms with Gasteiger partial charge in [-0.2, -0.15) is 13.2 Å². The number of rotatable bonds is 5. The highest BCUT2D eigenvalue weighted by molar-refractivity contribution is 5.50. The average molecular weight is 478 g/mol. The lowest BCUT2D eigenvalue weighted by molar-refractivity contribution is -0.137. The van der Waals surface area contributed by atoms with Crippen molar-refractivity contribution in [3.63, 3.8) is 0 Å². The minimum Gasteiger partial charge on any atom is -0.493 e. The average Bonchev–Trinajstić information content (AvgIpc) is 2.76. The zero-order chi connectivity index (χ0) is 24.7. The summed E-state index contributed by atoms with van der Waals surface area (Å²) in [7, 11) is 1.59. The highest BCUT2D eigenvalue weighted by Crippen LogP contribution is 2.44. The minimum absolute atomic E-state index is 0.146. The van der Waals surface area contributed by atoms with Gasteiger partial charge in [0, 0.05) is 19.1 Å². The van der Waals surface area contributed by atoms with Gasteiger partial charge in [-0.05, 0) is 71.6 Å². The number of benzene rings is 2. The molecule has 34 heavy (non-hydrogen) atoms. The number of aliphatic hydroxyl groups is 1. The van der Waals surface area contributed by atoms with Crippen LogP contribution in [0.5, 0.6) is 11.5 Å². The summed E-state index contributed by atoms with van der Waals surface area (Å²) < 4.78 is 50.0. The first-order valence-corrected chi connectivity index (χ1v) is 11.9. The number of hydrogen-bond donors (Lipinski definition) is 1. The molecule has 1 fully saturated rings. The van der Waals surface area contributed by atoms with Gasteiger partial charge in [-0.25, -0.2) is 0 Å². The van der Waals surface area contributed by atoms with Crippen molar-refractivity contribution in [2.45, 2.75) is 65.0 Å². The van der Waals surface area contributed by atoms with Gasteiger partial charge in [0.05, 0.1) is 18.8 Å². The molecule has 0 aliphatic carbocycles. The number of halogens is 3. The van der Waals surface area contributed by atoms with Gasteiger partial charge in [0.2, 0.25) is 0 Å². The second-order valence-corrected chi connectivity index (χ2v) is 10.8. The number of piperidine rings is 1. The van der Waals surface area contributed by atoms with Gasteiger partial charge in [0.15, 0.2) is 11.5 Å². The third-order valence-corrected chi connectivity index (χ3v) is 6.92. The van der Waals surface area contributed by atoms with Crippen molar-refractivity contribution >= 4 is 0 Å². The van der Waals surface area contributed by atoms with Crippen molar-refractivity contribution in [3.05, 3.63) is 58.7 Å². The Morgan fingerprint density at radius 1 is 1.06 bits per heavy atom. The van der Waals surface area contributed by atoms with Crippen LogP contribution in [0.4, 0.5) is 13.2 Å². The first-order chi connectivity index (χ1) is 15.9. The van der Waals surface area contributed by atoms with Crippen LogP contribution in [0.2, 0.25) is 0 Å². The molecule has 7 heteroatoms. The molecule has 2 aliphatic rings. The molecule has 0 saturated carbocycles. The molecule has 0 bridgehead atoms. The summed E-state index contributed by atoms with van der Waals surface area (Å²) in [6.45, 7) is 8.61. The lowest BCUT2D eigenvalue weighted by Gasteiger charge is -2.47. The molecule has 0 aromatic heterocycles. The van der Waals surface area contributed by atoms with Gasteiger partial charge in [-0.1, -0.05) is 32.9 Å². The summed E-state index contributed by atoms with van der Waals surface area (Å²) in [4.78, 5) is 2.48. The van der Waals surface area contributed by atoms with E-state index in [1.54, 1.807) is 7.11 Å². The SMILES string of the molecule is COc1cc2c(cc1OCc1ccc(C(F)(F)F)cc1)CCN1C[C@@H](CC(C)(C)C)[C@H](O)C[C@H]21. The fraction of sp³-hybridized carbons (Fsp3) is 0.556. The molecule has 1 N–H and O–H groups in total. The maximum Gasteiger partial charge on any atom is 0.416 e. The normalized spacial score (nSPS) is 23.2. The van der Waals surface area contributed by atoms with Crippen LogP contribution in [0, 0.1) is 11.3 Å². The molecule has 2 aromatic rings. The Balaban J connectivity index is 1.49. The van der Waals surface area contributed by atoms with Gasteiger partial charge in [-0.3, -0.25) is 4.90 Å². The zero-order valence-corrected chi connectivity index (χ0v) is 20.3. The molecule has 2 aliphatic heterocycles. The van der Waals surface area contributed by atoms with E-state index in [0.29, 0.717) is 23.5 Å². The van der Waals surface area contributed by atoms with Crippen molar-refractivity contribution in [2.75, 3.05) is 20.2 Å². The predicted molar refractivity (Wildman–Crippen MR) is 125 cm³/mol.